The van der Waals surface area contributed by atoms with E-state index in [1.54, 1.807) is 0 Å². The number of unbranched alkanes of at least 4 members (excludes halogenated alkanes) is 23. The SMILES string of the molecule is CC/C=C\C/C=C\C/C=C\C/C=C\C/C=C\C/C=C\CCCCCCCCCCC(=O)OCC(COC(=O)CCCCCCC/C=C\C/C=C\CCCCCC)OC(=O)CCCCCCCC/C=C\C/C=C\C/C=C\C/C=C\CC. The van der Waals surface area contributed by atoms with E-state index in [1.165, 1.54) is 77.0 Å². The molecule has 0 saturated carbocycles. The first-order chi connectivity index (χ1) is 39.5. The number of hydrogen-bond donors (Lipinski definition) is 0. The van der Waals surface area contributed by atoms with Crippen molar-refractivity contribution < 1.29 is 28.6 Å². The Morgan fingerprint density at radius 2 is 0.487 bits per heavy atom. The second kappa shape index (κ2) is 66.8. The molecule has 0 N–H and O–H groups in total. The summed E-state index contributed by atoms with van der Waals surface area (Å²) >= 11 is 0. The number of esters is 3. The number of ether oxygens (including phenoxy) is 3. The van der Waals surface area contributed by atoms with Gasteiger partial charge in [-0.25, -0.2) is 0 Å². The Labute approximate surface area is 493 Å². The van der Waals surface area contributed by atoms with Crippen LogP contribution in [-0.2, 0) is 28.6 Å². The highest BCUT2D eigenvalue weighted by Crippen LogP contribution is 2.15. The summed E-state index contributed by atoms with van der Waals surface area (Å²) in [6.45, 7) is 6.37. The van der Waals surface area contributed by atoms with Gasteiger partial charge in [0.15, 0.2) is 6.10 Å². The summed E-state index contributed by atoms with van der Waals surface area (Å²) in [6.07, 6.45) is 95.6. The van der Waals surface area contributed by atoms with Crippen LogP contribution in [0.2, 0.25) is 0 Å². The van der Waals surface area contributed by atoms with Crippen LogP contribution in [0, 0.1) is 0 Å². The first-order valence-corrected chi connectivity index (χ1v) is 32.8. The minimum absolute atomic E-state index is 0.0977. The Hall–Kier alpha value is -4.71. The van der Waals surface area contributed by atoms with Crippen LogP contribution in [0.15, 0.2) is 146 Å². The summed E-state index contributed by atoms with van der Waals surface area (Å²) in [6, 6.07) is 0. The maximum atomic E-state index is 12.9. The summed E-state index contributed by atoms with van der Waals surface area (Å²) in [5, 5.41) is 0. The average Bonchev–Trinajstić information content (AvgIpc) is 3.46. The lowest BCUT2D eigenvalue weighted by Crippen LogP contribution is -2.30. The fraction of sp³-hybridized carbons (Fsp3) is 0.635. The Morgan fingerprint density at radius 1 is 0.263 bits per heavy atom. The van der Waals surface area contributed by atoms with Gasteiger partial charge in [0.1, 0.15) is 13.2 Å². The van der Waals surface area contributed by atoms with E-state index >= 15 is 0 Å². The Bertz CT molecular complexity index is 1750. The molecule has 0 aliphatic rings. The summed E-state index contributed by atoms with van der Waals surface area (Å²) in [5.41, 5.74) is 0. The van der Waals surface area contributed by atoms with E-state index in [0.717, 1.165) is 167 Å². The Morgan fingerprint density at radius 3 is 0.762 bits per heavy atom. The first-order valence-electron chi connectivity index (χ1n) is 32.8. The molecular weight excluding hydrogens is 985 g/mol. The fourth-order valence-electron chi connectivity index (χ4n) is 8.70. The normalized spacial score (nSPS) is 13.1. The van der Waals surface area contributed by atoms with Crippen LogP contribution >= 0.6 is 0 Å². The molecule has 452 valence electrons. The molecule has 0 aromatic heterocycles. The van der Waals surface area contributed by atoms with E-state index in [9.17, 15) is 14.4 Å². The minimum atomic E-state index is -0.803. The van der Waals surface area contributed by atoms with E-state index in [2.05, 4.69) is 167 Å². The van der Waals surface area contributed by atoms with Crippen molar-refractivity contribution in [3.8, 4) is 0 Å². The van der Waals surface area contributed by atoms with Crippen molar-refractivity contribution in [2.75, 3.05) is 13.2 Å². The molecule has 1 atom stereocenters. The van der Waals surface area contributed by atoms with Crippen molar-refractivity contribution in [1.29, 1.82) is 0 Å². The first kappa shape index (κ1) is 75.3. The number of carbonyl (C=O) groups is 3. The van der Waals surface area contributed by atoms with Gasteiger partial charge < -0.3 is 14.2 Å². The van der Waals surface area contributed by atoms with Gasteiger partial charge in [-0.2, -0.15) is 0 Å². The third-order valence-electron chi connectivity index (χ3n) is 13.6. The van der Waals surface area contributed by atoms with Gasteiger partial charge in [-0.3, -0.25) is 14.4 Å². The summed E-state index contributed by atoms with van der Waals surface area (Å²) in [7, 11) is 0. The maximum Gasteiger partial charge on any atom is 0.306 e. The van der Waals surface area contributed by atoms with Gasteiger partial charge in [0.25, 0.3) is 0 Å². The second-order valence-electron chi connectivity index (χ2n) is 21.3. The van der Waals surface area contributed by atoms with Crippen LogP contribution in [0.4, 0.5) is 0 Å². The van der Waals surface area contributed by atoms with E-state index in [0.29, 0.717) is 19.3 Å². The molecular formula is C74H120O6. The standard InChI is InChI=1S/C74H120O6/c1-4-7-10-13-16-19-22-25-28-31-33-34-35-36-37-38-39-40-42-43-46-49-52-55-58-61-64-67-73(76)79-70-71(69-78-72(75)66-63-60-57-54-51-48-45-30-27-24-21-18-15-12-9-6-3)80-74(77)68-65-62-59-56-53-50-47-44-41-32-29-26-23-20-17-14-11-8-5-2/h7-8,10-11,16-17,19-21,24-26,28-30,33-34,36-37,39-41,44-45,71H,4-6,9,12-15,18,22-23,27,31-32,35,38,42-43,46-70H2,1-3H3/b10-7-,11-8-,19-16-,20-17-,24-21-,28-25-,29-26-,34-33-,37-36-,40-39-,44-41-,45-30-. The predicted molar refractivity (Wildman–Crippen MR) is 348 cm³/mol. The summed E-state index contributed by atoms with van der Waals surface area (Å²) in [4.78, 5) is 38.4. The van der Waals surface area contributed by atoms with Crippen LogP contribution in [0.1, 0.15) is 284 Å². The lowest BCUT2D eigenvalue weighted by atomic mass is 10.1. The van der Waals surface area contributed by atoms with Crippen LogP contribution in [0.3, 0.4) is 0 Å². The highest BCUT2D eigenvalue weighted by Gasteiger charge is 2.19. The molecule has 0 radical (unpaired) electrons. The zero-order valence-corrected chi connectivity index (χ0v) is 51.8. The number of hydrogen-bond acceptors (Lipinski definition) is 6. The fourth-order valence-corrected chi connectivity index (χ4v) is 8.70. The van der Waals surface area contributed by atoms with E-state index in [1.807, 2.05) is 0 Å². The number of rotatable bonds is 58. The molecule has 0 heterocycles. The van der Waals surface area contributed by atoms with Gasteiger partial charge >= 0.3 is 17.9 Å². The molecule has 0 aliphatic carbocycles. The Balaban J connectivity index is 4.43. The molecule has 0 aliphatic heterocycles. The zero-order valence-electron chi connectivity index (χ0n) is 51.8. The van der Waals surface area contributed by atoms with Crippen LogP contribution in [0.25, 0.3) is 0 Å². The van der Waals surface area contributed by atoms with Crippen molar-refractivity contribution in [3.63, 3.8) is 0 Å². The van der Waals surface area contributed by atoms with Crippen molar-refractivity contribution in [2.24, 2.45) is 0 Å². The van der Waals surface area contributed by atoms with Crippen molar-refractivity contribution in [3.05, 3.63) is 146 Å². The lowest BCUT2D eigenvalue weighted by Gasteiger charge is -2.18. The predicted octanol–water partition coefficient (Wildman–Crippen LogP) is 22.7. The van der Waals surface area contributed by atoms with Gasteiger partial charge in [-0.15, -0.1) is 0 Å². The maximum absolute atomic E-state index is 12.9. The molecule has 1 unspecified atom stereocenters. The molecule has 0 rings (SSSR count). The molecule has 0 saturated heterocycles. The van der Waals surface area contributed by atoms with Gasteiger partial charge in [0.2, 0.25) is 0 Å². The summed E-state index contributed by atoms with van der Waals surface area (Å²) in [5.74, 6) is -0.931. The number of allylic oxidation sites excluding steroid dienone is 24. The largest absolute Gasteiger partial charge is 0.462 e. The second-order valence-corrected chi connectivity index (χ2v) is 21.3. The molecule has 6 heteroatoms. The highest BCUT2D eigenvalue weighted by atomic mass is 16.6. The van der Waals surface area contributed by atoms with Crippen molar-refractivity contribution >= 4 is 17.9 Å². The van der Waals surface area contributed by atoms with Gasteiger partial charge in [0.05, 0.1) is 0 Å². The van der Waals surface area contributed by atoms with E-state index < -0.39 is 6.10 Å². The highest BCUT2D eigenvalue weighted by molar-refractivity contribution is 5.71. The average molecular weight is 1110 g/mol. The van der Waals surface area contributed by atoms with Gasteiger partial charge in [-0.05, 0) is 141 Å². The van der Waals surface area contributed by atoms with Crippen LogP contribution in [-0.4, -0.2) is 37.2 Å². The smallest absolute Gasteiger partial charge is 0.306 e. The Kier molecular flexibility index (Phi) is 62.9. The van der Waals surface area contributed by atoms with E-state index in [-0.39, 0.29) is 31.1 Å². The third kappa shape index (κ3) is 64.1. The molecule has 0 aromatic rings. The lowest BCUT2D eigenvalue weighted by molar-refractivity contribution is -0.167. The van der Waals surface area contributed by atoms with Gasteiger partial charge in [0, 0.05) is 19.3 Å². The molecule has 0 amide bonds. The molecule has 0 spiro atoms. The summed E-state index contributed by atoms with van der Waals surface area (Å²) < 4.78 is 16.9. The minimum Gasteiger partial charge on any atom is -0.462 e. The van der Waals surface area contributed by atoms with E-state index in [4.69, 9.17) is 14.2 Å². The van der Waals surface area contributed by atoms with Crippen LogP contribution < -0.4 is 0 Å². The molecule has 0 aromatic carbocycles. The zero-order chi connectivity index (χ0) is 57.8. The van der Waals surface area contributed by atoms with Crippen molar-refractivity contribution in [2.45, 2.75) is 290 Å². The number of carbonyl (C=O) groups excluding carboxylic acids is 3. The topological polar surface area (TPSA) is 78.9 Å². The van der Waals surface area contributed by atoms with Gasteiger partial charge in [-0.1, -0.05) is 269 Å². The van der Waals surface area contributed by atoms with Crippen molar-refractivity contribution in [1.82, 2.24) is 0 Å². The molecule has 6 nitrogen and oxygen atoms in total. The molecule has 0 fully saturated rings. The third-order valence-corrected chi connectivity index (χ3v) is 13.6. The van der Waals surface area contributed by atoms with Crippen LogP contribution in [0.5, 0.6) is 0 Å². The molecule has 80 heavy (non-hydrogen) atoms. The quantitative estimate of drug-likeness (QED) is 0.0261. The monoisotopic (exact) mass is 1100 g/mol. The molecule has 0 bridgehead atoms.